The van der Waals surface area contributed by atoms with Crippen LogP contribution in [0.2, 0.25) is 0 Å². The molecule has 0 spiro atoms. The third-order valence-corrected chi connectivity index (χ3v) is 4.70. The first-order valence-electron chi connectivity index (χ1n) is 8.51. The molecule has 0 unspecified atom stereocenters. The van der Waals surface area contributed by atoms with Gasteiger partial charge in [0.05, 0.1) is 0 Å². The molecule has 3 N–H and O–H groups in total. The molecule has 0 bridgehead atoms. The lowest BCUT2D eigenvalue weighted by Crippen LogP contribution is -2.17. The normalized spacial score (nSPS) is 15.0. The molecule has 3 heterocycles. The second-order valence-corrected chi connectivity index (χ2v) is 6.31. The van der Waals surface area contributed by atoms with E-state index < -0.39 is 5.91 Å². The lowest BCUT2D eigenvalue weighted by atomic mass is 10.0. The van der Waals surface area contributed by atoms with Crippen LogP contribution >= 0.6 is 0 Å². The molecule has 1 amide bonds. The predicted molar refractivity (Wildman–Crippen MR) is 101 cm³/mol. The number of hydrogen-bond acceptors (Lipinski definition) is 3. The average Bonchev–Trinajstić information content (AvgIpc) is 3.30. The van der Waals surface area contributed by atoms with Crippen molar-refractivity contribution in [3.05, 3.63) is 59.9 Å². The van der Waals surface area contributed by atoms with Crippen LogP contribution in [-0.4, -0.2) is 29.0 Å². The molecule has 0 aliphatic carbocycles. The van der Waals surface area contributed by atoms with Crippen molar-refractivity contribution < 1.29 is 4.79 Å². The van der Waals surface area contributed by atoms with Crippen molar-refractivity contribution >= 4 is 34.3 Å². The van der Waals surface area contributed by atoms with Gasteiger partial charge in [0.2, 0.25) is 5.91 Å². The zero-order valence-electron chi connectivity index (χ0n) is 13.9. The van der Waals surface area contributed by atoms with E-state index in [9.17, 15) is 4.79 Å². The number of aromatic nitrogens is 2. The van der Waals surface area contributed by atoms with Gasteiger partial charge in [0.25, 0.3) is 0 Å². The van der Waals surface area contributed by atoms with Gasteiger partial charge in [-0.05, 0) is 48.7 Å². The van der Waals surface area contributed by atoms with Crippen LogP contribution in [0.4, 0.5) is 5.69 Å². The number of benzene rings is 1. The van der Waals surface area contributed by atoms with Crippen molar-refractivity contribution in [2.24, 2.45) is 5.73 Å². The fraction of sp³-hybridized carbons (Fsp3) is 0.200. The van der Waals surface area contributed by atoms with E-state index in [4.69, 9.17) is 5.73 Å². The van der Waals surface area contributed by atoms with Crippen molar-refractivity contribution in [3.8, 4) is 0 Å². The molecule has 5 nitrogen and oxygen atoms in total. The Bertz CT molecular complexity index is 934. The van der Waals surface area contributed by atoms with E-state index >= 15 is 0 Å². The number of nitrogens with one attached hydrogen (secondary N) is 1. The van der Waals surface area contributed by atoms with E-state index in [0.29, 0.717) is 5.57 Å². The Morgan fingerprint density at radius 2 is 1.92 bits per heavy atom. The van der Waals surface area contributed by atoms with Gasteiger partial charge in [-0.15, -0.1) is 0 Å². The fourth-order valence-electron chi connectivity index (χ4n) is 3.38. The first-order chi connectivity index (χ1) is 12.2. The maximum Gasteiger partial charge on any atom is 0.249 e. The summed E-state index contributed by atoms with van der Waals surface area (Å²) >= 11 is 0. The molecule has 0 saturated carbocycles. The van der Waals surface area contributed by atoms with Gasteiger partial charge >= 0.3 is 0 Å². The molecule has 126 valence electrons. The summed E-state index contributed by atoms with van der Waals surface area (Å²) < 4.78 is 0. The fourth-order valence-corrected chi connectivity index (χ4v) is 3.38. The maximum atomic E-state index is 12.0. The Morgan fingerprint density at radius 1 is 1.16 bits per heavy atom. The molecule has 0 radical (unpaired) electrons. The van der Waals surface area contributed by atoms with Crippen LogP contribution < -0.4 is 10.6 Å². The molecule has 1 aliphatic heterocycles. The second kappa shape index (κ2) is 6.43. The summed E-state index contributed by atoms with van der Waals surface area (Å²) in [7, 11) is 0. The number of aromatic amines is 1. The molecule has 4 rings (SSSR count). The third-order valence-electron chi connectivity index (χ3n) is 4.70. The van der Waals surface area contributed by atoms with Gasteiger partial charge in [0, 0.05) is 47.7 Å². The molecule has 1 aromatic carbocycles. The van der Waals surface area contributed by atoms with Gasteiger partial charge in [-0.25, -0.2) is 4.98 Å². The lowest BCUT2D eigenvalue weighted by molar-refractivity contribution is -0.112. The van der Waals surface area contributed by atoms with Gasteiger partial charge < -0.3 is 15.6 Å². The summed E-state index contributed by atoms with van der Waals surface area (Å²) in [4.78, 5) is 21.8. The largest absolute Gasteiger partial charge is 0.372 e. The number of rotatable bonds is 4. The summed E-state index contributed by atoms with van der Waals surface area (Å²) in [5.74, 6) is -0.438. The Balaban J connectivity index is 1.70. The van der Waals surface area contributed by atoms with E-state index in [0.717, 1.165) is 35.2 Å². The maximum absolute atomic E-state index is 12.0. The number of nitrogens with zero attached hydrogens (tertiary/aromatic N) is 2. The molecule has 1 fully saturated rings. The van der Waals surface area contributed by atoms with E-state index in [1.807, 2.05) is 36.5 Å². The molecule has 1 saturated heterocycles. The minimum Gasteiger partial charge on any atom is -0.372 e. The van der Waals surface area contributed by atoms with Crippen molar-refractivity contribution in [1.82, 2.24) is 9.97 Å². The number of H-pyrrole nitrogens is 1. The van der Waals surface area contributed by atoms with Gasteiger partial charge in [-0.2, -0.15) is 0 Å². The van der Waals surface area contributed by atoms with Crippen molar-refractivity contribution in [1.29, 1.82) is 0 Å². The molecule has 0 atom stereocenters. The number of nitrogens with two attached hydrogens (primary N) is 1. The summed E-state index contributed by atoms with van der Waals surface area (Å²) in [5.41, 5.74) is 9.86. The minimum atomic E-state index is -0.438. The lowest BCUT2D eigenvalue weighted by Gasteiger charge is -2.17. The van der Waals surface area contributed by atoms with Gasteiger partial charge in [0.1, 0.15) is 5.65 Å². The number of carbonyl (C=O) groups excluding carboxylic acids is 1. The molecule has 2 aromatic heterocycles. The number of pyridine rings is 1. The van der Waals surface area contributed by atoms with Crippen LogP contribution in [0.5, 0.6) is 0 Å². The van der Waals surface area contributed by atoms with Crippen LogP contribution in [0, 0.1) is 0 Å². The first kappa shape index (κ1) is 15.4. The number of anilines is 1. The van der Waals surface area contributed by atoms with Gasteiger partial charge in [-0.3, -0.25) is 4.79 Å². The van der Waals surface area contributed by atoms with Gasteiger partial charge in [0.15, 0.2) is 0 Å². The quantitative estimate of drug-likeness (QED) is 0.721. The molecule has 5 heteroatoms. The van der Waals surface area contributed by atoms with Crippen molar-refractivity contribution in [2.45, 2.75) is 12.8 Å². The van der Waals surface area contributed by atoms with Crippen LogP contribution in [0.1, 0.15) is 24.0 Å². The molecular weight excluding hydrogens is 312 g/mol. The van der Waals surface area contributed by atoms with E-state index in [-0.39, 0.29) is 0 Å². The molecule has 25 heavy (non-hydrogen) atoms. The smallest absolute Gasteiger partial charge is 0.249 e. The summed E-state index contributed by atoms with van der Waals surface area (Å²) in [5, 5.41) is 0.968. The summed E-state index contributed by atoms with van der Waals surface area (Å²) in [6.07, 6.45) is 7.89. The van der Waals surface area contributed by atoms with Crippen LogP contribution in [0.3, 0.4) is 0 Å². The summed E-state index contributed by atoms with van der Waals surface area (Å²) in [6.45, 7) is 2.19. The highest BCUT2D eigenvalue weighted by atomic mass is 16.1. The van der Waals surface area contributed by atoms with E-state index in [2.05, 4.69) is 27.0 Å². The summed E-state index contributed by atoms with van der Waals surface area (Å²) in [6, 6.07) is 11.9. The zero-order valence-corrected chi connectivity index (χ0v) is 13.9. The van der Waals surface area contributed by atoms with Crippen LogP contribution in [0.15, 0.2) is 48.8 Å². The average molecular weight is 332 g/mol. The molecular formula is C20H20N4O. The first-order valence-corrected chi connectivity index (χ1v) is 8.51. The monoisotopic (exact) mass is 332 g/mol. The van der Waals surface area contributed by atoms with Crippen LogP contribution in [0.25, 0.3) is 22.7 Å². The number of fused-ring (bicyclic) bond motifs is 1. The van der Waals surface area contributed by atoms with Crippen molar-refractivity contribution in [2.75, 3.05) is 18.0 Å². The highest BCUT2D eigenvalue weighted by Gasteiger charge is 2.14. The van der Waals surface area contributed by atoms with E-state index in [1.54, 1.807) is 6.20 Å². The van der Waals surface area contributed by atoms with Gasteiger partial charge in [-0.1, -0.05) is 12.1 Å². The Morgan fingerprint density at radius 3 is 2.64 bits per heavy atom. The Labute approximate surface area is 146 Å². The predicted octanol–water partition coefficient (Wildman–Crippen LogP) is 3.19. The highest BCUT2D eigenvalue weighted by molar-refractivity contribution is 6.24. The SMILES string of the molecule is NC(=O)C(=Cc1c[nH]c2ncccc12)c1ccc(N2CCCC2)cc1. The zero-order chi connectivity index (χ0) is 17.2. The Hall–Kier alpha value is -3.08. The molecule has 3 aromatic rings. The van der Waals surface area contributed by atoms with Crippen molar-refractivity contribution in [3.63, 3.8) is 0 Å². The Kier molecular flexibility index (Phi) is 3.98. The number of hydrogen-bond donors (Lipinski definition) is 2. The van der Waals surface area contributed by atoms with E-state index in [1.165, 1.54) is 18.5 Å². The van der Waals surface area contributed by atoms with Crippen LogP contribution in [-0.2, 0) is 4.79 Å². The topological polar surface area (TPSA) is 75.0 Å². The highest BCUT2D eigenvalue weighted by Crippen LogP contribution is 2.26. The second-order valence-electron chi connectivity index (χ2n) is 6.31. The standard InChI is InChI=1S/C20H20N4O/c21-19(25)18(12-15-13-23-20-17(15)4-3-9-22-20)14-5-7-16(8-6-14)24-10-1-2-11-24/h3-9,12-13H,1-2,10-11H2,(H2,21,25)(H,22,23). The third kappa shape index (κ3) is 3.01. The molecule has 1 aliphatic rings. The number of amides is 1. The minimum absolute atomic E-state index is 0.438. The number of primary amides is 1. The number of carbonyl (C=O) groups is 1.